The fourth-order valence-electron chi connectivity index (χ4n) is 7.68. The van der Waals surface area contributed by atoms with Crippen LogP contribution in [-0.2, 0) is 6.18 Å². The van der Waals surface area contributed by atoms with Crippen LogP contribution in [0.5, 0.6) is 0 Å². The Bertz CT molecular complexity index is 3090. The molecule has 2 heterocycles. The molecule has 9 aromatic rings. The summed E-state index contributed by atoms with van der Waals surface area (Å²) in [6, 6.07) is 50.7. The minimum absolute atomic E-state index is 0.154. The molecular formula is C46H24F3N5. The Hall–Kier alpha value is -7.60. The van der Waals surface area contributed by atoms with Crippen LogP contribution >= 0.6 is 0 Å². The fraction of sp³-hybridized carbons (Fsp3) is 0.0217. The van der Waals surface area contributed by atoms with E-state index in [-0.39, 0.29) is 11.1 Å². The van der Waals surface area contributed by atoms with Crippen molar-refractivity contribution in [3.63, 3.8) is 0 Å². The molecule has 0 N–H and O–H groups in total. The first kappa shape index (κ1) is 32.3. The lowest BCUT2D eigenvalue weighted by Crippen LogP contribution is -2.06. The first-order valence-electron chi connectivity index (χ1n) is 17.0. The maximum Gasteiger partial charge on any atom is 0.416 e. The van der Waals surface area contributed by atoms with E-state index in [0.717, 1.165) is 72.6 Å². The van der Waals surface area contributed by atoms with Crippen molar-refractivity contribution in [1.82, 2.24) is 9.13 Å². The summed E-state index contributed by atoms with van der Waals surface area (Å²) in [5.41, 5.74) is 7.44. The van der Waals surface area contributed by atoms with Gasteiger partial charge in [-0.2, -0.15) is 29.0 Å². The lowest BCUT2D eigenvalue weighted by Gasteiger charge is -2.17. The molecule has 9 rings (SSSR count). The van der Waals surface area contributed by atoms with E-state index in [0.29, 0.717) is 22.4 Å². The first-order valence-corrected chi connectivity index (χ1v) is 17.0. The number of fused-ring (bicyclic) bond motifs is 6. The smallest absolute Gasteiger partial charge is 0.309 e. The average Bonchev–Trinajstić information content (AvgIpc) is 3.72. The van der Waals surface area contributed by atoms with Gasteiger partial charge in [0.25, 0.3) is 0 Å². The molecule has 0 aliphatic carbocycles. The van der Waals surface area contributed by atoms with Crippen molar-refractivity contribution in [2.75, 3.05) is 0 Å². The van der Waals surface area contributed by atoms with Gasteiger partial charge in [-0.15, -0.1) is 0 Å². The Morgan fingerprint density at radius 1 is 0.426 bits per heavy atom. The monoisotopic (exact) mass is 703 g/mol. The van der Waals surface area contributed by atoms with Gasteiger partial charge < -0.3 is 9.13 Å². The van der Waals surface area contributed by atoms with Gasteiger partial charge in [0.15, 0.2) is 0 Å². The Kier molecular flexibility index (Phi) is 7.34. The zero-order valence-electron chi connectivity index (χ0n) is 28.2. The Labute approximate surface area is 306 Å². The molecule has 8 heteroatoms. The zero-order valence-corrected chi connectivity index (χ0v) is 28.2. The summed E-state index contributed by atoms with van der Waals surface area (Å²) < 4.78 is 45.3. The van der Waals surface area contributed by atoms with Crippen LogP contribution in [0.15, 0.2) is 146 Å². The lowest BCUT2D eigenvalue weighted by molar-refractivity contribution is -0.137. The Morgan fingerprint density at radius 2 is 0.926 bits per heavy atom. The summed E-state index contributed by atoms with van der Waals surface area (Å²) >= 11 is 0. The van der Waals surface area contributed by atoms with Crippen LogP contribution in [0, 0.1) is 34.0 Å². The van der Waals surface area contributed by atoms with Gasteiger partial charge in [-0.05, 0) is 84.4 Å². The largest absolute Gasteiger partial charge is 0.416 e. The molecule has 5 nitrogen and oxygen atoms in total. The number of rotatable bonds is 4. The molecule has 0 unspecified atom stereocenters. The van der Waals surface area contributed by atoms with Crippen molar-refractivity contribution in [2.24, 2.45) is 0 Å². The topological polar surface area (TPSA) is 81.2 Å². The summed E-state index contributed by atoms with van der Waals surface area (Å²) in [6.07, 6.45) is -4.62. The number of aromatic nitrogens is 2. The summed E-state index contributed by atoms with van der Waals surface area (Å²) in [5, 5.41) is 34.0. The van der Waals surface area contributed by atoms with Gasteiger partial charge in [-0.25, -0.2) is 0 Å². The predicted molar refractivity (Wildman–Crippen MR) is 205 cm³/mol. The molecule has 0 saturated heterocycles. The molecule has 0 bridgehead atoms. The molecule has 54 heavy (non-hydrogen) atoms. The summed E-state index contributed by atoms with van der Waals surface area (Å²) in [5.74, 6) is 0. The van der Waals surface area contributed by atoms with Gasteiger partial charge in [0, 0.05) is 38.2 Å². The predicted octanol–water partition coefficient (Wildman–Crippen LogP) is 11.8. The maximum atomic E-state index is 13.7. The van der Waals surface area contributed by atoms with E-state index >= 15 is 0 Å². The number of para-hydroxylation sites is 3. The lowest BCUT2D eigenvalue weighted by atomic mass is 9.95. The third-order valence-electron chi connectivity index (χ3n) is 10.1. The van der Waals surface area contributed by atoms with Crippen LogP contribution in [-0.4, -0.2) is 9.13 Å². The van der Waals surface area contributed by atoms with Crippen molar-refractivity contribution < 1.29 is 13.2 Å². The zero-order chi connectivity index (χ0) is 37.1. The number of hydrogen-bond donors (Lipinski definition) is 0. The number of benzene rings is 7. The Balaban J connectivity index is 1.30. The van der Waals surface area contributed by atoms with E-state index in [9.17, 15) is 29.0 Å². The molecule has 0 aliphatic heterocycles. The summed E-state index contributed by atoms with van der Waals surface area (Å²) in [6.45, 7) is 0. The second-order valence-corrected chi connectivity index (χ2v) is 13.0. The van der Waals surface area contributed by atoms with Crippen molar-refractivity contribution >= 4 is 43.6 Å². The highest BCUT2D eigenvalue weighted by Gasteiger charge is 2.31. The van der Waals surface area contributed by atoms with Crippen LogP contribution in [0.4, 0.5) is 13.2 Å². The fourth-order valence-corrected chi connectivity index (χ4v) is 7.68. The molecular weight excluding hydrogens is 680 g/mol. The first-order chi connectivity index (χ1) is 26.3. The highest BCUT2D eigenvalue weighted by Crippen LogP contribution is 2.42. The number of halogens is 3. The van der Waals surface area contributed by atoms with E-state index in [1.165, 1.54) is 6.07 Å². The third-order valence-corrected chi connectivity index (χ3v) is 10.1. The molecule has 0 aliphatic rings. The van der Waals surface area contributed by atoms with Gasteiger partial charge in [-0.3, -0.25) is 0 Å². The van der Waals surface area contributed by atoms with E-state index in [4.69, 9.17) is 0 Å². The highest BCUT2D eigenvalue weighted by atomic mass is 19.4. The molecule has 0 amide bonds. The molecule has 7 aromatic carbocycles. The standard InChI is InChI=1S/C46H24F3N5/c47-46(48,49)32-16-17-33(31(23-32)27-52)38-22-29(26-51)14-19-44(38)54-42-12-6-3-9-36(42)39-24-30(15-20-45(39)54)37-21-28(25-50)13-18-43(37)53-40-10-4-1-7-34(40)35-8-2-5-11-41(35)53/h1-24H. The van der Waals surface area contributed by atoms with Crippen LogP contribution in [0.1, 0.15) is 22.3 Å². The number of nitrogens with zero attached hydrogens (tertiary/aromatic N) is 5. The van der Waals surface area contributed by atoms with Crippen molar-refractivity contribution in [2.45, 2.75) is 6.18 Å². The number of alkyl halides is 3. The van der Waals surface area contributed by atoms with E-state index in [2.05, 4.69) is 47.0 Å². The molecule has 0 spiro atoms. The number of nitriles is 3. The normalized spacial score (nSPS) is 11.6. The molecule has 2 aromatic heterocycles. The maximum absolute atomic E-state index is 13.7. The van der Waals surface area contributed by atoms with Gasteiger partial charge in [0.2, 0.25) is 0 Å². The van der Waals surface area contributed by atoms with Crippen molar-refractivity contribution in [1.29, 1.82) is 15.8 Å². The van der Waals surface area contributed by atoms with Gasteiger partial charge >= 0.3 is 6.18 Å². The molecule has 0 radical (unpaired) electrons. The van der Waals surface area contributed by atoms with Crippen LogP contribution < -0.4 is 0 Å². The van der Waals surface area contributed by atoms with Crippen molar-refractivity contribution in [3.8, 4) is 51.8 Å². The summed E-state index contributed by atoms with van der Waals surface area (Å²) in [7, 11) is 0. The Morgan fingerprint density at radius 3 is 1.46 bits per heavy atom. The minimum atomic E-state index is -4.62. The average molecular weight is 704 g/mol. The van der Waals surface area contributed by atoms with E-state index in [1.807, 2.05) is 89.5 Å². The second kappa shape index (κ2) is 12.3. The van der Waals surface area contributed by atoms with Crippen LogP contribution in [0.25, 0.3) is 77.2 Å². The summed E-state index contributed by atoms with van der Waals surface area (Å²) in [4.78, 5) is 0. The third kappa shape index (κ3) is 4.99. The second-order valence-electron chi connectivity index (χ2n) is 13.0. The van der Waals surface area contributed by atoms with E-state index in [1.54, 1.807) is 18.2 Å². The highest BCUT2D eigenvalue weighted by molar-refractivity contribution is 6.12. The van der Waals surface area contributed by atoms with Gasteiger partial charge in [0.1, 0.15) is 0 Å². The minimum Gasteiger partial charge on any atom is -0.309 e. The van der Waals surface area contributed by atoms with Crippen LogP contribution in [0.3, 0.4) is 0 Å². The quantitative estimate of drug-likeness (QED) is 0.183. The molecule has 0 fully saturated rings. The van der Waals surface area contributed by atoms with Crippen molar-refractivity contribution in [3.05, 3.63) is 168 Å². The molecule has 0 atom stereocenters. The van der Waals surface area contributed by atoms with E-state index < -0.39 is 11.7 Å². The number of hydrogen-bond acceptors (Lipinski definition) is 3. The molecule has 254 valence electrons. The van der Waals surface area contributed by atoms with Crippen LogP contribution in [0.2, 0.25) is 0 Å². The van der Waals surface area contributed by atoms with Gasteiger partial charge in [0.05, 0.1) is 73.9 Å². The SMILES string of the molecule is N#Cc1ccc(-n2c3ccccc3c3ccccc32)c(-c2ccc3c(c2)c2ccccc2n3-c2ccc(C#N)cc2-c2ccc(C(F)(F)F)cc2C#N)c1. The molecule has 0 saturated carbocycles. The van der Waals surface area contributed by atoms with Gasteiger partial charge in [-0.1, -0.05) is 66.7 Å².